The summed E-state index contributed by atoms with van der Waals surface area (Å²) in [5.74, 6) is 0.894. The predicted octanol–water partition coefficient (Wildman–Crippen LogP) is 2.93. The number of rotatable bonds is 8. The van der Waals surface area contributed by atoms with E-state index in [9.17, 15) is 4.79 Å². The van der Waals surface area contributed by atoms with Crippen molar-refractivity contribution in [3.63, 3.8) is 0 Å². The van der Waals surface area contributed by atoms with Gasteiger partial charge in [0, 0.05) is 19.6 Å². The van der Waals surface area contributed by atoms with Gasteiger partial charge in [0.15, 0.2) is 0 Å². The van der Waals surface area contributed by atoms with E-state index in [0.717, 1.165) is 12.3 Å². The van der Waals surface area contributed by atoms with E-state index in [0.29, 0.717) is 19.7 Å². The van der Waals surface area contributed by atoms with E-state index in [1.165, 1.54) is 37.9 Å². The van der Waals surface area contributed by atoms with Gasteiger partial charge in [0.05, 0.1) is 0 Å². The van der Waals surface area contributed by atoms with Gasteiger partial charge in [-0.25, -0.2) is 4.79 Å². The Morgan fingerprint density at radius 1 is 1.21 bits per heavy atom. The summed E-state index contributed by atoms with van der Waals surface area (Å²) in [6, 6.07) is 8.17. The first-order chi connectivity index (χ1) is 11.8. The number of nitrogens with one attached hydrogen (secondary N) is 2. The molecule has 0 radical (unpaired) electrons. The van der Waals surface area contributed by atoms with E-state index in [1.54, 1.807) is 0 Å². The van der Waals surface area contributed by atoms with Crippen LogP contribution in [0, 0.1) is 0 Å². The van der Waals surface area contributed by atoms with Gasteiger partial charge in [0.1, 0.15) is 12.4 Å². The van der Waals surface area contributed by atoms with Gasteiger partial charge in [-0.3, -0.25) is 4.90 Å². The Bertz CT molecular complexity index is 525. The van der Waals surface area contributed by atoms with E-state index < -0.39 is 0 Å². The Morgan fingerprint density at radius 2 is 2.04 bits per heavy atom. The Labute approximate surface area is 145 Å². The fraction of sp³-hybridized carbons (Fsp3) is 0.526. The second kappa shape index (κ2) is 10.7. The number of benzene rings is 1. The molecule has 5 nitrogen and oxygen atoms in total. The molecule has 0 aliphatic carbocycles. The van der Waals surface area contributed by atoms with E-state index in [2.05, 4.69) is 33.7 Å². The maximum absolute atomic E-state index is 11.2. The van der Waals surface area contributed by atoms with E-state index in [4.69, 9.17) is 4.74 Å². The van der Waals surface area contributed by atoms with Gasteiger partial charge in [0.2, 0.25) is 0 Å². The average molecular weight is 331 g/mol. The number of hydrogen-bond acceptors (Lipinski definition) is 3. The van der Waals surface area contributed by atoms with Crippen LogP contribution in [-0.4, -0.2) is 43.7 Å². The lowest BCUT2D eigenvalue weighted by molar-refractivity contribution is 0.220. The Balaban J connectivity index is 1.68. The molecular weight excluding hydrogens is 302 g/mol. The van der Waals surface area contributed by atoms with Crippen molar-refractivity contribution in [1.82, 2.24) is 15.5 Å². The number of amides is 2. The lowest BCUT2D eigenvalue weighted by Crippen LogP contribution is -2.35. The van der Waals surface area contributed by atoms with Crippen molar-refractivity contribution in [2.45, 2.75) is 32.7 Å². The van der Waals surface area contributed by atoms with Crippen LogP contribution in [0.25, 0.3) is 0 Å². The van der Waals surface area contributed by atoms with Crippen LogP contribution in [0.1, 0.15) is 31.7 Å². The normalized spacial score (nSPS) is 15.4. The highest BCUT2D eigenvalue weighted by Gasteiger charge is 2.10. The van der Waals surface area contributed by atoms with Crippen molar-refractivity contribution in [3.8, 4) is 5.75 Å². The molecule has 1 aromatic carbocycles. The highest BCUT2D eigenvalue weighted by atomic mass is 16.5. The summed E-state index contributed by atoms with van der Waals surface area (Å²) in [6.45, 7) is 6.94. The molecule has 5 heteroatoms. The first-order valence-corrected chi connectivity index (χ1v) is 8.88. The summed E-state index contributed by atoms with van der Waals surface area (Å²) < 4.78 is 5.76. The average Bonchev–Trinajstić information content (AvgIpc) is 2.59. The number of ether oxygens (including phenoxy) is 1. The first kappa shape index (κ1) is 18.3. The van der Waals surface area contributed by atoms with Crippen LogP contribution in [0.3, 0.4) is 0 Å². The molecule has 1 saturated heterocycles. The standard InChI is InChI=1S/C19H29N3O2/c1-2-20-19(23)21-11-4-7-14-24-18-10-8-9-17(15-18)16-22-12-5-3-6-13-22/h4,7-10,15H,2-3,5-6,11-14,16H2,1H3,(H2,20,21,23). The summed E-state index contributed by atoms with van der Waals surface area (Å²) in [4.78, 5) is 13.7. The third-order valence-corrected chi connectivity index (χ3v) is 3.98. The molecule has 1 aliphatic rings. The van der Waals surface area contributed by atoms with Gasteiger partial charge < -0.3 is 15.4 Å². The zero-order valence-corrected chi connectivity index (χ0v) is 14.6. The zero-order chi connectivity index (χ0) is 17.0. The smallest absolute Gasteiger partial charge is 0.315 e. The highest BCUT2D eigenvalue weighted by Crippen LogP contribution is 2.17. The molecule has 1 fully saturated rings. The number of nitrogens with zero attached hydrogens (tertiary/aromatic N) is 1. The largest absolute Gasteiger partial charge is 0.490 e. The molecule has 0 saturated carbocycles. The summed E-state index contributed by atoms with van der Waals surface area (Å²) in [7, 11) is 0. The van der Waals surface area contributed by atoms with Crippen molar-refractivity contribution in [1.29, 1.82) is 0 Å². The number of piperidine rings is 1. The predicted molar refractivity (Wildman–Crippen MR) is 97.3 cm³/mol. The number of hydrogen-bond donors (Lipinski definition) is 2. The number of carbonyl (C=O) groups is 1. The lowest BCUT2D eigenvalue weighted by Gasteiger charge is -2.26. The van der Waals surface area contributed by atoms with Gasteiger partial charge in [-0.1, -0.05) is 24.6 Å². The first-order valence-electron chi connectivity index (χ1n) is 8.88. The minimum absolute atomic E-state index is 0.145. The van der Waals surface area contributed by atoms with E-state index in [1.807, 2.05) is 25.1 Å². The van der Waals surface area contributed by atoms with Crippen molar-refractivity contribution in [3.05, 3.63) is 42.0 Å². The third kappa shape index (κ3) is 7.04. The lowest BCUT2D eigenvalue weighted by atomic mass is 10.1. The minimum atomic E-state index is -0.145. The van der Waals surface area contributed by atoms with E-state index >= 15 is 0 Å². The van der Waals surface area contributed by atoms with Gasteiger partial charge in [-0.05, 0) is 56.6 Å². The topological polar surface area (TPSA) is 53.6 Å². The van der Waals surface area contributed by atoms with Crippen LogP contribution >= 0.6 is 0 Å². The molecular formula is C19H29N3O2. The van der Waals surface area contributed by atoms with Crippen molar-refractivity contribution >= 4 is 6.03 Å². The molecule has 2 rings (SSSR count). The summed E-state index contributed by atoms with van der Waals surface area (Å²) in [5.41, 5.74) is 1.30. The molecule has 1 heterocycles. The van der Waals surface area contributed by atoms with Gasteiger partial charge in [-0.2, -0.15) is 0 Å². The molecule has 1 aromatic rings. The van der Waals surface area contributed by atoms with Crippen LogP contribution in [0.2, 0.25) is 0 Å². The molecule has 132 valence electrons. The summed E-state index contributed by atoms with van der Waals surface area (Å²) >= 11 is 0. The number of carbonyl (C=O) groups excluding carboxylic acids is 1. The van der Waals surface area contributed by atoms with Gasteiger partial charge in [-0.15, -0.1) is 0 Å². The molecule has 0 atom stereocenters. The van der Waals surface area contributed by atoms with Crippen molar-refractivity contribution in [2.75, 3.05) is 32.8 Å². The van der Waals surface area contributed by atoms with Crippen LogP contribution in [0.5, 0.6) is 5.75 Å². The minimum Gasteiger partial charge on any atom is -0.490 e. The van der Waals surface area contributed by atoms with Crippen LogP contribution in [-0.2, 0) is 6.54 Å². The second-order valence-electron chi connectivity index (χ2n) is 6.01. The number of likely N-dealkylation sites (tertiary alicyclic amines) is 1. The van der Waals surface area contributed by atoms with Crippen LogP contribution in [0.4, 0.5) is 4.79 Å². The SMILES string of the molecule is CCNC(=O)NCC=CCOc1cccc(CN2CCCCC2)c1. The zero-order valence-electron chi connectivity index (χ0n) is 14.6. The summed E-state index contributed by atoms with van der Waals surface area (Å²) in [6.07, 6.45) is 7.80. The maximum atomic E-state index is 11.2. The Kier molecular flexibility index (Phi) is 8.18. The summed E-state index contributed by atoms with van der Waals surface area (Å²) in [5, 5.41) is 5.42. The maximum Gasteiger partial charge on any atom is 0.315 e. The molecule has 1 aliphatic heterocycles. The third-order valence-electron chi connectivity index (χ3n) is 3.98. The van der Waals surface area contributed by atoms with Gasteiger partial charge in [0.25, 0.3) is 0 Å². The second-order valence-corrected chi connectivity index (χ2v) is 6.01. The van der Waals surface area contributed by atoms with Crippen LogP contribution in [0.15, 0.2) is 36.4 Å². The molecule has 0 bridgehead atoms. The molecule has 0 unspecified atom stereocenters. The van der Waals surface area contributed by atoms with Crippen LogP contribution < -0.4 is 15.4 Å². The molecule has 0 aromatic heterocycles. The Hall–Kier alpha value is -2.01. The fourth-order valence-electron chi connectivity index (χ4n) is 2.78. The van der Waals surface area contributed by atoms with Crippen molar-refractivity contribution < 1.29 is 9.53 Å². The fourth-order valence-corrected chi connectivity index (χ4v) is 2.78. The highest BCUT2D eigenvalue weighted by molar-refractivity contribution is 5.73. The monoisotopic (exact) mass is 331 g/mol. The molecule has 2 N–H and O–H groups in total. The molecule has 0 spiro atoms. The van der Waals surface area contributed by atoms with E-state index in [-0.39, 0.29) is 6.03 Å². The van der Waals surface area contributed by atoms with Crippen molar-refractivity contribution in [2.24, 2.45) is 0 Å². The molecule has 24 heavy (non-hydrogen) atoms. The number of urea groups is 1. The quantitative estimate of drug-likeness (QED) is 0.720. The molecule has 2 amide bonds. The Morgan fingerprint density at radius 3 is 2.83 bits per heavy atom. The van der Waals surface area contributed by atoms with Gasteiger partial charge >= 0.3 is 6.03 Å².